The van der Waals surface area contributed by atoms with Crippen LogP contribution in [0.15, 0.2) is 22.7 Å². The standard InChI is InChI=1S/C10H7BrClNO/c1-13-9-4-6(11)2-3-7(9)8(5-14)10(13)12/h2-5H,1H3. The van der Waals surface area contributed by atoms with Crippen LogP contribution in [-0.2, 0) is 7.05 Å². The van der Waals surface area contributed by atoms with Crippen molar-refractivity contribution in [2.24, 2.45) is 7.05 Å². The second kappa shape index (κ2) is 3.41. The number of hydrogen-bond acceptors (Lipinski definition) is 1. The molecule has 1 aromatic carbocycles. The molecule has 0 N–H and O–H groups in total. The van der Waals surface area contributed by atoms with Gasteiger partial charge in [-0.15, -0.1) is 0 Å². The summed E-state index contributed by atoms with van der Waals surface area (Å²) in [6.07, 6.45) is 0.790. The number of benzene rings is 1. The third kappa shape index (κ3) is 1.28. The van der Waals surface area contributed by atoms with E-state index in [1.54, 1.807) is 4.57 Å². The van der Waals surface area contributed by atoms with Gasteiger partial charge in [-0.1, -0.05) is 33.6 Å². The van der Waals surface area contributed by atoms with Crippen molar-refractivity contribution in [1.29, 1.82) is 0 Å². The van der Waals surface area contributed by atoms with Gasteiger partial charge >= 0.3 is 0 Å². The zero-order valence-corrected chi connectivity index (χ0v) is 9.76. The Hall–Kier alpha value is -0.800. The highest BCUT2D eigenvalue weighted by atomic mass is 79.9. The molecular weight excluding hydrogens is 265 g/mol. The predicted octanol–water partition coefficient (Wildman–Crippen LogP) is 3.41. The topological polar surface area (TPSA) is 22.0 Å². The molecule has 0 atom stereocenters. The Morgan fingerprint density at radius 3 is 2.86 bits per heavy atom. The Labute approximate surface area is 94.6 Å². The van der Waals surface area contributed by atoms with Gasteiger partial charge in [-0.3, -0.25) is 4.79 Å². The molecule has 1 aromatic heterocycles. The second-order valence-corrected chi connectivity index (χ2v) is 4.32. The van der Waals surface area contributed by atoms with Crippen LogP contribution in [-0.4, -0.2) is 10.9 Å². The van der Waals surface area contributed by atoms with Crippen LogP contribution in [0.1, 0.15) is 10.4 Å². The highest BCUT2D eigenvalue weighted by Gasteiger charge is 2.12. The van der Waals surface area contributed by atoms with Crippen molar-refractivity contribution in [2.45, 2.75) is 0 Å². The molecule has 2 rings (SSSR count). The lowest BCUT2D eigenvalue weighted by molar-refractivity contribution is 0.112. The number of halogens is 2. The number of fused-ring (bicyclic) bond motifs is 1. The average Bonchev–Trinajstić information content (AvgIpc) is 2.41. The number of carbonyl (C=O) groups is 1. The molecular formula is C10H7BrClNO. The minimum absolute atomic E-state index is 0.480. The second-order valence-electron chi connectivity index (χ2n) is 3.04. The van der Waals surface area contributed by atoms with Gasteiger partial charge < -0.3 is 4.57 Å². The molecule has 0 radical (unpaired) electrons. The van der Waals surface area contributed by atoms with Crippen LogP contribution in [0.5, 0.6) is 0 Å². The number of aldehydes is 1. The molecule has 14 heavy (non-hydrogen) atoms. The van der Waals surface area contributed by atoms with E-state index >= 15 is 0 Å². The van der Waals surface area contributed by atoms with Crippen molar-refractivity contribution in [3.8, 4) is 0 Å². The van der Waals surface area contributed by atoms with Crippen LogP contribution < -0.4 is 0 Å². The predicted molar refractivity (Wildman–Crippen MR) is 61.0 cm³/mol. The van der Waals surface area contributed by atoms with Gasteiger partial charge in [-0.2, -0.15) is 0 Å². The van der Waals surface area contributed by atoms with Crippen LogP contribution >= 0.6 is 27.5 Å². The van der Waals surface area contributed by atoms with E-state index in [-0.39, 0.29) is 0 Å². The third-order valence-corrected chi connectivity index (χ3v) is 3.20. The van der Waals surface area contributed by atoms with Crippen molar-refractivity contribution < 1.29 is 4.79 Å². The van der Waals surface area contributed by atoms with E-state index in [9.17, 15) is 4.79 Å². The number of carbonyl (C=O) groups excluding carboxylic acids is 1. The normalized spacial score (nSPS) is 10.8. The molecule has 0 bridgehead atoms. The zero-order chi connectivity index (χ0) is 10.3. The van der Waals surface area contributed by atoms with Gasteiger partial charge in [0.1, 0.15) is 5.15 Å². The number of aryl methyl sites for hydroxylation is 1. The van der Waals surface area contributed by atoms with Crippen LogP contribution in [0.4, 0.5) is 0 Å². The monoisotopic (exact) mass is 271 g/mol. The third-order valence-electron chi connectivity index (χ3n) is 2.25. The zero-order valence-electron chi connectivity index (χ0n) is 7.42. The Morgan fingerprint density at radius 1 is 1.50 bits per heavy atom. The summed E-state index contributed by atoms with van der Waals surface area (Å²) >= 11 is 9.38. The fraction of sp³-hybridized carbons (Fsp3) is 0.100. The van der Waals surface area contributed by atoms with E-state index in [1.807, 2.05) is 25.2 Å². The van der Waals surface area contributed by atoms with E-state index < -0.39 is 0 Å². The summed E-state index contributed by atoms with van der Waals surface area (Å²) in [6, 6.07) is 5.72. The van der Waals surface area contributed by atoms with Gasteiger partial charge in [-0.25, -0.2) is 0 Å². The van der Waals surface area contributed by atoms with Crippen molar-refractivity contribution in [1.82, 2.24) is 4.57 Å². The maximum Gasteiger partial charge on any atom is 0.153 e. The molecule has 0 fully saturated rings. The molecule has 0 amide bonds. The van der Waals surface area contributed by atoms with Crippen LogP contribution in [0.2, 0.25) is 5.15 Å². The fourth-order valence-corrected chi connectivity index (χ4v) is 2.11. The fourth-order valence-electron chi connectivity index (χ4n) is 1.52. The highest BCUT2D eigenvalue weighted by Crippen LogP contribution is 2.29. The summed E-state index contributed by atoms with van der Waals surface area (Å²) in [5.41, 5.74) is 1.50. The summed E-state index contributed by atoms with van der Waals surface area (Å²) < 4.78 is 2.77. The maximum atomic E-state index is 10.8. The quantitative estimate of drug-likeness (QED) is 0.729. The van der Waals surface area contributed by atoms with Crippen molar-refractivity contribution >= 4 is 44.7 Å². The molecule has 0 aliphatic heterocycles. The van der Waals surface area contributed by atoms with Crippen LogP contribution in [0.3, 0.4) is 0 Å². The minimum atomic E-state index is 0.480. The van der Waals surface area contributed by atoms with Crippen molar-refractivity contribution in [3.05, 3.63) is 33.4 Å². The minimum Gasteiger partial charge on any atom is -0.334 e. The van der Waals surface area contributed by atoms with Gasteiger partial charge in [0.15, 0.2) is 6.29 Å². The molecule has 0 saturated heterocycles. The first kappa shape index (κ1) is 9.74. The van der Waals surface area contributed by atoms with Gasteiger partial charge in [0, 0.05) is 16.9 Å². The molecule has 0 aliphatic rings. The SMILES string of the molecule is Cn1c(Cl)c(C=O)c2ccc(Br)cc21. The largest absolute Gasteiger partial charge is 0.334 e. The average molecular weight is 273 g/mol. The van der Waals surface area contributed by atoms with Crippen molar-refractivity contribution in [3.63, 3.8) is 0 Å². The molecule has 0 aliphatic carbocycles. The van der Waals surface area contributed by atoms with E-state index in [2.05, 4.69) is 15.9 Å². The lowest BCUT2D eigenvalue weighted by atomic mass is 10.2. The van der Waals surface area contributed by atoms with Gasteiger partial charge in [0.05, 0.1) is 11.1 Å². The Morgan fingerprint density at radius 2 is 2.21 bits per heavy atom. The van der Waals surface area contributed by atoms with Gasteiger partial charge in [0.2, 0.25) is 0 Å². The summed E-state index contributed by atoms with van der Waals surface area (Å²) in [6.45, 7) is 0. The maximum absolute atomic E-state index is 10.8. The molecule has 72 valence electrons. The molecule has 4 heteroatoms. The Balaban J connectivity index is 2.95. The molecule has 2 aromatic rings. The van der Waals surface area contributed by atoms with E-state index in [0.29, 0.717) is 10.7 Å². The first-order valence-corrected chi connectivity index (χ1v) is 5.21. The summed E-state index contributed by atoms with van der Waals surface area (Å²) in [5.74, 6) is 0. The summed E-state index contributed by atoms with van der Waals surface area (Å²) in [7, 11) is 1.84. The van der Waals surface area contributed by atoms with Crippen LogP contribution in [0, 0.1) is 0 Å². The highest BCUT2D eigenvalue weighted by molar-refractivity contribution is 9.10. The van der Waals surface area contributed by atoms with Gasteiger partial charge in [-0.05, 0) is 12.1 Å². The van der Waals surface area contributed by atoms with Crippen LogP contribution in [0.25, 0.3) is 10.9 Å². The molecule has 1 heterocycles. The summed E-state index contributed by atoms with van der Waals surface area (Å²) in [5, 5.41) is 1.36. The number of rotatable bonds is 1. The van der Waals surface area contributed by atoms with E-state index in [0.717, 1.165) is 21.7 Å². The lowest BCUT2D eigenvalue weighted by Gasteiger charge is -1.96. The van der Waals surface area contributed by atoms with E-state index in [1.165, 1.54) is 0 Å². The summed E-state index contributed by atoms with van der Waals surface area (Å²) in [4.78, 5) is 10.8. The van der Waals surface area contributed by atoms with Crippen molar-refractivity contribution in [2.75, 3.05) is 0 Å². The number of nitrogens with zero attached hydrogens (tertiary/aromatic N) is 1. The molecule has 2 nitrogen and oxygen atoms in total. The van der Waals surface area contributed by atoms with Gasteiger partial charge in [0.25, 0.3) is 0 Å². The first-order valence-electron chi connectivity index (χ1n) is 4.03. The molecule has 0 saturated carbocycles. The molecule has 0 unspecified atom stereocenters. The Bertz CT molecular complexity index is 518. The number of hydrogen-bond donors (Lipinski definition) is 0. The number of aromatic nitrogens is 1. The van der Waals surface area contributed by atoms with E-state index in [4.69, 9.17) is 11.6 Å². The smallest absolute Gasteiger partial charge is 0.153 e. The Kier molecular flexibility index (Phi) is 2.37. The lowest BCUT2D eigenvalue weighted by Crippen LogP contribution is -1.86. The molecule has 0 spiro atoms. The first-order chi connectivity index (χ1) is 6.65.